The van der Waals surface area contributed by atoms with Crippen molar-refractivity contribution in [3.8, 4) is 0 Å². The van der Waals surface area contributed by atoms with E-state index in [1.54, 1.807) is 20.2 Å². The predicted octanol–water partition coefficient (Wildman–Crippen LogP) is 4.78. The fraction of sp³-hybridized carbons (Fsp3) is 0.435. The van der Waals surface area contributed by atoms with Crippen LogP contribution in [0.1, 0.15) is 36.9 Å². The summed E-state index contributed by atoms with van der Waals surface area (Å²) in [6, 6.07) is 3.68. The van der Waals surface area contributed by atoms with Gasteiger partial charge >= 0.3 is 6.18 Å². The average Bonchev–Trinajstić information content (AvgIpc) is 3.38. The number of nitro benzene ring substituents is 1. The number of nitrogens with one attached hydrogen (secondary N) is 2. The predicted molar refractivity (Wildman–Crippen MR) is 129 cm³/mol. The van der Waals surface area contributed by atoms with Gasteiger partial charge in [0.05, 0.1) is 34.8 Å². The summed E-state index contributed by atoms with van der Waals surface area (Å²) in [7, 11) is 1.57. The summed E-state index contributed by atoms with van der Waals surface area (Å²) in [5, 5.41) is 18.1. The lowest BCUT2D eigenvalue weighted by molar-refractivity contribution is -0.385. The molecule has 1 atom stereocenters. The van der Waals surface area contributed by atoms with Crippen LogP contribution in [-0.2, 0) is 10.9 Å². The maximum Gasteiger partial charge on any atom is 0.416 e. The molecule has 1 unspecified atom stereocenters. The van der Waals surface area contributed by atoms with Gasteiger partial charge < -0.3 is 20.3 Å². The molecule has 1 saturated heterocycles. The van der Waals surface area contributed by atoms with Crippen LogP contribution in [0.2, 0.25) is 0 Å². The SMILES string of the molecule is COCCNc1nc(NC(C)c2cc([N+](=O)[O-])cc(C(F)(F)F)c2)c2cc(N3CCCC3)ncc2n1. The Morgan fingerprint density at radius 3 is 2.61 bits per heavy atom. The molecule has 4 rings (SSSR count). The first-order valence-electron chi connectivity index (χ1n) is 11.4. The maximum atomic E-state index is 13.4. The molecule has 0 spiro atoms. The summed E-state index contributed by atoms with van der Waals surface area (Å²) in [5.74, 6) is 1.42. The number of hydrogen-bond donors (Lipinski definition) is 2. The van der Waals surface area contributed by atoms with Crippen molar-refractivity contribution in [2.75, 3.05) is 48.9 Å². The van der Waals surface area contributed by atoms with E-state index in [-0.39, 0.29) is 5.56 Å². The van der Waals surface area contributed by atoms with E-state index in [0.717, 1.165) is 43.9 Å². The third-order valence-electron chi connectivity index (χ3n) is 5.92. The largest absolute Gasteiger partial charge is 0.416 e. The van der Waals surface area contributed by atoms with E-state index < -0.39 is 28.4 Å². The molecule has 192 valence electrons. The number of anilines is 3. The summed E-state index contributed by atoms with van der Waals surface area (Å²) in [4.78, 5) is 26.2. The lowest BCUT2D eigenvalue weighted by Crippen LogP contribution is -2.19. The molecule has 3 heterocycles. The van der Waals surface area contributed by atoms with Crippen LogP contribution < -0.4 is 15.5 Å². The van der Waals surface area contributed by atoms with Crippen LogP contribution in [0.4, 0.5) is 36.4 Å². The first kappa shape index (κ1) is 25.4. The molecule has 0 bridgehead atoms. The summed E-state index contributed by atoms with van der Waals surface area (Å²) in [5.41, 5.74) is -1.08. The molecule has 2 N–H and O–H groups in total. The first-order valence-corrected chi connectivity index (χ1v) is 11.4. The van der Waals surface area contributed by atoms with Gasteiger partial charge in [-0.25, -0.2) is 9.97 Å². The summed E-state index contributed by atoms with van der Waals surface area (Å²) in [6.45, 7) is 4.23. The first-order chi connectivity index (χ1) is 17.2. The minimum Gasteiger partial charge on any atom is -0.383 e. The van der Waals surface area contributed by atoms with Crippen LogP contribution in [0, 0.1) is 10.1 Å². The Morgan fingerprint density at radius 2 is 1.94 bits per heavy atom. The van der Waals surface area contributed by atoms with Gasteiger partial charge in [-0.3, -0.25) is 10.1 Å². The summed E-state index contributed by atoms with van der Waals surface area (Å²) >= 11 is 0. The van der Waals surface area contributed by atoms with Gasteiger partial charge in [-0.2, -0.15) is 18.2 Å². The maximum absolute atomic E-state index is 13.4. The smallest absolute Gasteiger partial charge is 0.383 e. The van der Waals surface area contributed by atoms with E-state index in [1.165, 1.54) is 0 Å². The quantitative estimate of drug-likeness (QED) is 0.240. The molecular formula is C23H26F3N7O3. The second kappa shape index (κ2) is 10.5. The fourth-order valence-corrected chi connectivity index (χ4v) is 4.04. The number of halogens is 3. The van der Waals surface area contributed by atoms with E-state index in [4.69, 9.17) is 4.74 Å². The van der Waals surface area contributed by atoms with Crippen molar-refractivity contribution >= 4 is 34.2 Å². The average molecular weight is 506 g/mol. The number of ether oxygens (including phenoxy) is 1. The van der Waals surface area contributed by atoms with Crippen molar-refractivity contribution in [2.45, 2.75) is 32.0 Å². The molecule has 3 aromatic rings. The fourth-order valence-electron chi connectivity index (χ4n) is 4.04. The van der Waals surface area contributed by atoms with E-state index in [9.17, 15) is 23.3 Å². The van der Waals surface area contributed by atoms with Gasteiger partial charge in [-0.15, -0.1) is 0 Å². The Kier molecular flexibility index (Phi) is 7.38. The van der Waals surface area contributed by atoms with Gasteiger partial charge in [0, 0.05) is 44.3 Å². The number of alkyl halides is 3. The molecule has 36 heavy (non-hydrogen) atoms. The number of rotatable bonds is 9. The standard InChI is InChI=1S/C23H26F3N7O3/c1-14(15-9-16(23(24,25)26)11-17(10-15)33(34)35)29-21-18-12-20(32-6-3-4-7-32)28-13-19(18)30-22(31-21)27-5-8-36-2/h9-14H,3-8H2,1-2H3,(H2,27,29,30,31). The molecule has 0 aliphatic carbocycles. The van der Waals surface area contributed by atoms with E-state index in [0.29, 0.717) is 41.9 Å². The van der Waals surface area contributed by atoms with Crippen LogP contribution in [0.15, 0.2) is 30.5 Å². The monoisotopic (exact) mass is 505 g/mol. The third kappa shape index (κ3) is 5.73. The van der Waals surface area contributed by atoms with Crippen molar-refractivity contribution in [2.24, 2.45) is 0 Å². The number of nitro groups is 1. The Balaban J connectivity index is 1.74. The van der Waals surface area contributed by atoms with Crippen molar-refractivity contribution in [3.05, 3.63) is 51.7 Å². The van der Waals surface area contributed by atoms with Gasteiger partial charge in [0.25, 0.3) is 5.69 Å². The zero-order chi connectivity index (χ0) is 25.9. The zero-order valence-corrected chi connectivity index (χ0v) is 19.8. The van der Waals surface area contributed by atoms with Crippen molar-refractivity contribution < 1.29 is 22.8 Å². The van der Waals surface area contributed by atoms with Crippen molar-refractivity contribution in [1.82, 2.24) is 15.0 Å². The highest BCUT2D eigenvalue weighted by atomic mass is 19.4. The molecular weight excluding hydrogens is 479 g/mol. The molecule has 10 nitrogen and oxygen atoms in total. The molecule has 1 aromatic carbocycles. The number of pyridine rings is 1. The highest BCUT2D eigenvalue weighted by Gasteiger charge is 2.33. The second-order valence-corrected chi connectivity index (χ2v) is 8.50. The highest BCUT2D eigenvalue weighted by molar-refractivity contribution is 5.91. The van der Waals surface area contributed by atoms with E-state index in [2.05, 4.69) is 30.5 Å². The summed E-state index contributed by atoms with van der Waals surface area (Å²) in [6.07, 6.45) is -0.960. The Hall–Kier alpha value is -3.74. The molecule has 0 saturated carbocycles. The molecule has 1 fully saturated rings. The molecule has 2 aromatic heterocycles. The third-order valence-corrected chi connectivity index (χ3v) is 5.92. The topological polar surface area (TPSA) is 118 Å². The molecule has 1 aliphatic heterocycles. The minimum atomic E-state index is -4.73. The van der Waals surface area contributed by atoms with Gasteiger partial charge in [0.15, 0.2) is 0 Å². The van der Waals surface area contributed by atoms with Gasteiger partial charge in [-0.1, -0.05) is 0 Å². The van der Waals surface area contributed by atoms with Crippen LogP contribution in [-0.4, -0.2) is 53.2 Å². The van der Waals surface area contributed by atoms with Gasteiger partial charge in [0.2, 0.25) is 5.95 Å². The van der Waals surface area contributed by atoms with Gasteiger partial charge in [-0.05, 0) is 37.5 Å². The Morgan fingerprint density at radius 1 is 1.19 bits per heavy atom. The van der Waals surface area contributed by atoms with E-state index in [1.807, 2.05) is 6.07 Å². The second-order valence-electron chi connectivity index (χ2n) is 8.50. The van der Waals surface area contributed by atoms with Crippen molar-refractivity contribution in [3.63, 3.8) is 0 Å². The lowest BCUT2D eigenvalue weighted by Gasteiger charge is -2.20. The number of hydrogen-bond acceptors (Lipinski definition) is 9. The molecule has 0 radical (unpaired) electrons. The number of nitrogens with zero attached hydrogens (tertiary/aromatic N) is 5. The molecule has 0 amide bonds. The summed E-state index contributed by atoms with van der Waals surface area (Å²) < 4.78 is 45.3. The number of methoxy groups -OCH3 is 1. The molecule has 1 aliphatic rings. The van der Waals surface area contributed by atoms with Crippen LogP contribution in [0.5, 0.6) is 0 Å². The Bertz CT molecular complexity index is 1250. The Labute approximate surface area is 205 Å². The minimum absolute atomic E-state index is 0.103. The zero-order valence-electron chi connectivity index (χ0n) is 19.8. The molecule has 13 heteroatoms. The highest BCUT2D eigenvalue weighted by Crippen LogP contribution is 2.35. The number of aromatic nitrogens is 3. The number of benzene rings is 1. The number of non-ortho nitro benzene ring substituents is 1. The van der Waals surface area contributed by atoms with E-state index >= 15 is 0 Å². The van der Waals surface area contributed by atoms with Gasteiger partial charge in [0.1, 0.15) is 11.6 Å². The van der Waals surface area contributed by atoms with Crippen LogP contribution >= 0.6 is 0 Å². The normalized spacial score (nSPS) is 14.8. The number of fused-ring (bicyclic) bond motifs is 1. The van der Waals surface area contributed by atoms with Crippen LogP contribution in [0.25, 0.3) is 10.9 Å². The van der Waals surface area contributed by atoms with Crippen molar-refractivity contribution in [1.29, 1.82) is 0 Å². The van der Waals surface area contributed by atoms with Crippen LogP contribution in [0.3, 0.4) is 0 Å². The lowest BCUT2D eigenvalue weighted by atomic mass is 10.0.